The van der Waals surface area contributed by atoms with Crippen LogP contribution in [0.2, 0.25) is 0 Å². The molecule has 0 amide bonds. The molecule has 0 fully saturated rings. The molecule has 1 aliphatic carbocycles. The average Bonchev–Trinajstić information content (AvgIpc) is 2.83. The van der Waals surface area contributed by atoms with Crippen LogP contribution in [0, 0.1) is 10.1 Å². The molecule has 0 unspecified atom stereocenters. The van der Waals surface area contributed by atoms with Crippen LogP contribution in [0.25, 0.3) is 11.1 Å². The van der Waals surface area contributed by atoms with E-state index in [2.05, 4.69) is 4.74 Å². The maximum Gasteiger partial charge on any atom is 0.309 e. The van der Waals surface area contributed by atoms with Crippen LogP contribution in [-0.4, -0.2) is 18.0 Å². The maximum absolute atomic E-state index is 11.3. The molecule has 0 bridgehead atoms. The van der Waals surface area contributed by atoms with Crippen molar-refractivity contribution in [3.8, 4) is 11.1 Å². The van der Waals surface area contributed by atoms with Gasteiger partial charge in [-0.05, 0) is 40.3 Å². The fourth-order valence-corrected chi connectivity index (χ4v) is 2.71. The van der Waals surface area contributed by atoms with Gasteiger partial charge in [0.25, 0.3) is 5.69 Å². The molecule has 2 aromatic rings. The molecule has 106 valence electrons. The van der Waals surface area contributed by atoms with Crippen molar-refractivity contribution in [2.24, 2.45) is 0 Å². The summed E-state index contributed by atoms with van der Waals surface area (Å²) in [4.78, 5) is 21.8. The first-order chi connectivity index (χ1) is 10.1. The van der Waals surface area contributed by atoms with Crippen molar-refractivity contribution in [3.63, 3.8) is 0 Å². The van der Waals surface area contributed by atoms with E-state index in [0.717, 1.165) is 27.8 Å². The largest absolute Gasteiger partial charge is 0.469 e. The second-order valence-corrected chi connectivity index (χ2v) is 5.02. The van der Waals surface area contributed by atoms with Crippen molar-refractivity contribution in [1.29, 1.82) is 0 Å². The van der Waals surface area contributed by atoms with E-state index in [4.69, 9.17) is 0 Å². The summed E-state index contributed by atoms with van der Waals surface area (Å²) in [7, 11) is 1.37. The van der Waals surface area contributed by atoms with Crippen LogP contribution < -0.4 is 0 Å². The number of ether oxygens (including phenoxy) is 1. The number of hydrogen-bond acceptors (Lipinski definition) is 4. The number of nitro benzene ring substituents is 1. The minimum absolute atomic E-state index is 0.108. The molecular weight excluding hydrogens is 270 g/mol. The molecule has 0 aromatic heterocycles. The minimum Gasteiger partial charge on any atom is -0.469 e. The SMILES string of the molecule is COC(=O)Cc1ccc2c(c1)Cc1cc([N+](=O)[O-])ccc1-2. The van der Waals surface area contributed by atoms with Crippen molar-refractivity contribution in [1.82, 2.24) is 0 Å². The summed E-state index contributed by atoms with van der Waals surface area (Å²) in [6.45, 7) is 0. The quantitative estimate of drug-likeness (QED) is 0.421. The third kappa shape index (κ3) is 2.38. The number of benzene rings is 2. The van der Waals surface area contributed by atoms with Crippen LogP contribution in [0.4, 0.5) is 5.69 Å². The predicted octanol–water partition coefficient (Wildman–Crippen LogP) is 2.88. The Bertz CT molecular complexity index is 752. The van der Waals surface area contributed by atoms with Crippen LogP contribution in [0.15, 0.2) is 36.4 Å². The van der Waals surface area contributed by atoms with Crippen LogP contribution >= 0.6 is 0 Å². The van der Waals surface area contributed by atoms with Gasteiger partial charge < -0.3 is 4.74 Å². The lowest BCUT2D eigenvalue weighted by Crippen LogP contribution is -2.04. The van der Waals surface area contributed by atoms with Crippen molar-refractivity contribution < 1.29 is 14.5 Å². The number of fused-ring (bicyclic) bond motifs is 3. The highest BCUT2D eigenvalue weighted by atomic mass is 16.6. The number of nitro groups is 1. The van der Waals surface area contributed by atoms with Gasteiger partial charge >= 0.3 is 5.97 Å². The number of rotatable bonds is 3. The third-order valence-corrected chi connectivity index (χ3v) is 3.72. The first kappa shape index (κ1) is 13.3. The summed E-state index contributed by atoms with van der Waals surface area (Å²) in [5.41, 5.74) is 5.15. The fraction of sp³-hybridized carbons (Fsp3) is 0.188. The summed E-state index contributed by atoms with van der Waals surface area (Å²) in [6, 6.07) is 10.8. The smallest absolute Gasteiger partial charge is 0.309 e. The molecule has 0 radical (unpaired) electrons. The van der Waals surface area contributed by atoms with Crippen LogP contribution in [0.5, 0.6) is 0 Å². The van der Waals surface area contributed by atoms with Gasteiger partial charge in [-0.3, -0.25) is 14.9 Å². The molecule has 0 aliphatic heterocycles. The van der Waals surface area contributed by atoms with E-state index in [0.29, 0.717) is 6.42 Å². The number of nitrogens with zero attached hydrogens (tertiary/aromatic N) is 1. The Labute approximate surface area is 121 Å². The Morgan fingerprint density at radius 3 is 2.52 bits per heavy atom. The Hall–Kier alpha value is -2.69. The zero-order valence-electron chi connectivity index (χ0n) is 11.5. The van der Waals surface area contributed by atoms with E-state index < -0.39 is 0 Å². The summed E-state index contributed by atoms with van der Waals surface area (Å²) < 4.78 is 4.66. The van der Waals surface area contributed by atoms with Crippen LogP contribution in [-0.2, 0) is 22.4 Å². The lowest BCUT2D eigenvalue weighted by molar-refractivity contribution is -0.384. The molecule has 0 N–H and O–H groups in total. The van der Waals surface area contributed by atoms with E-state index in [-0.39, 0.29) is 23.0 Å². The number of hydrogen-bond donors (Lipinski definition) is 0. The zero-order valence-corrected chi connectivity index (χ0v) is 11.5. The molecule has 21 heavy (non-hydrogen) atoms. The second kappa shape index (κ2) is 5.01. The van der Waals surface area contributed by atoms with Crippen molar-refractivity contribution in [2.45, 2.75) is 12.8 Å². The lowest BCUT2D eigenvalue weighted by atomic mass is 10.0. The first-order valence-electron chi connectivity index (χ1n) is 6.55. The Kier molecular flexibility index (Phi) is 3.17. The van der Waals surface area contributed by atoms with Gasteiger partial charge in [0.2, 0.25) is 0 Å². The van der Waals surface area contributed by atoms with Crippen molar-refractivity contribution in [3.05, 3.63) is 63.2 Å². The van der Waals surface area contributed by atoms with Crippen molar-refractivity contribution in [2.75, 3.05) is 7.11 Å². The molecule has 1 aliphatic rings. The predicted molar refractivity (Wildman–Crippen MR) is 77.1 cm³/mol. The molecule has 5 heteroatoms. The lowest BCUT2D eigenvalue weighted by Gasteiger charge is -2.04. The number of esters is 1. The number of methoxy groups -OCH3 is 1. The standard InChI is InChI=1S/C16H13NO4/c1-21-16(18)7-10-2-4-14-11(6-10)8-12-9-13(17(19)20)3-5-15(12)14/h2-6,9H,7-8H2,1H3. The molecular formula is C16H13NO4. The summed E-state index contributed by atoms with van der Waals surface area (Å²) >= 11 is 0. The van der Waals surface area contributed by atoms with E-state index in [1.54, 1.807) is 12.1 Å². The maximum atomic E-state index is 11.3. The highest BCUT2D eigenvalue weighted by molar-refractivity contribution is 5.79. The van der Waals surface area contributed by atoms with Gasteiger partial charge in [-0.2, -0.15) is 0 Å². The minimum atomic E-state index is -0.383. The number of carbonyl (C=O) groups excluding carboxylic acids is 1. The third-order valence-electron chi connectivity index (χ3n) is 3.72. The van der Waals surface area contributed by atoms with Gasteiger partial charge in [0.1, 0.15) is 0 Å². The molecule has 3 rings (SSSR count). The number of non-ortho nitro benzene ring substituents is 1. The average molecular weight is 283 g/mol. The van der Waals surface area contributed by atoms with Gasteiger partial charge in [0.05, 0.1) is 18.5 Å². The molecule has 2 aromatic carbocycles. The van der Waals surface area contributed by atoms with E-state index in [9.17, 15) is 14.9 Å². The van der Waals surface area contributed by atoms with Crippen LogP contribution in [0.3, 0.4) is 0 Å². The van der Waals surface area contributed by atoms with Crippen molar-refractivity contribution >= 4 is 11.7 Å². The van der Waals surface area contributed by atoms with Gasteiger partial charge in [-0.25, -0.2) is 0 Å². The van der Waals surface area contributed by atoms with E-state index in [1.807, 2.05) is 18.2 Å². The summed E-state index contributed by atoms with van der Waals surface area (Å²) in [6.07, 6.45) is 0.891. The Morgan fingerprint density at radius 2 is 1.86 bits per heavy atom. The fourth-order valence-electron chi connectivity index (χ4n) is 2.71. The highest BCUT2D eigenvalue weighted by Gasteiger charge is 2.21. The Morgan fingerprint density at radius 1 is 1.19 bits per heavy atom. The highest BCUT2D eigenvalue weighted by Crippen LogP contribution is 2.38. The van der Waals surface area contributed by atoms with E-state index >= 15 is 0 Å². The molecule has 5 nitrogen and oxygen atoms in total. The first-order valence-corrected chi connectivity index (χ1v) is 6.55. The molecule has 0 saturated heterocycles. The second-order valence-electron chi connectivity index (χ2n) is 5.02. The molecule has 0 atom stereocenters. The van der Waals surface area contributed by atoms with E-state index in [1.165, 1.54) is 13.2 Å². The van der Waals surface area contributed by atoms with Gasteiger partial charge in [0.15, 0.2) is 0 Å². The summed E-state index contributed by atoms with van der Waals surface area (Å²) in [5, 5.41) is 10.8. The molecule has 0 saturated carbocycles. The molecule has 0 spiro atoms. The number of carbonyl (C=O) groups is 1. The summed E-state index contributed by atoms with van der Waals surface area (Å²) in [5.74, 6) is -0.277. The topological polar surface area (TPSA) is 69.4 Å². The Balaban J connectivity index is 1.95. The van der Waals surface area contributed by atoms with Gasteiger partial charge in [-0.15, -0.1) is 0 Å². The monoisotopic (exact) mass is 283 g/mol. The zero-order chi connectivity index (χ0) is 15.0. The molecule has 0 heterocycles. The van der Waals surface area contributed by atoms with Gasteiger partial charge in [-0.1, -0.05) is 18.2 Å². The normalized spacial score (nSPS) is 11.7. The van der Waals surface area contributed by atoms with Crippen LogP contribution in [0.1, 0.15) is 16.7 Å². The van der Waals surface area contributed by atoms with Gasteiger partial charge in [0, 0.05) is 12.1 Å².